The summed E-state index contributed by atoms with van der Waals surface area (Å²) >= 11 is 0. The van der Waals surface area contributed by atoms with Crippen molar-refractivity contribution in [2.24, 2.45) is 0 Å². The van der Waals surface area contributed by atoms with E-state index in [9.17, 15) is 9.59 Å². The summed E-state index contributed by atoms with van der Waals surface area (Å²) < 4.78 is 4.74. The molecule has 0 aromatic heterocycles. The Bertz CT molecular complexity index is 309. The van der Waals surface area contributed by atoms with Crippen molar-refractivity contribution in [3.05, 3.63) is 35.5 Å². The summed E-state index contributed by atoms with van der Waals surface area (Å²) in [7, 11) is 0. The fourth-order valence-corrected chi connectivity index (χ4v) is 0.809. The molecule has 0 aromatic rings. The van der Waals surface area contributed by atoms with Gasteiger partial charge in [0.2, 0.25) is 0 Å². The van der Waals surface area contributed by atoms with Gasteiger partial charge >= 0.3 is 5.97 Å². The summed E-state index contributed by atoms with van der Waals surface area (Å²) in [5.74, 6) is -0.351. The Hall–Kier alpha value is -1.64. The molecule has 0 heterocycles. The number of hydrogen-bond acceptors (Lipinski definition) is 3. The van der Waals surface area contributed by atoms with Crippen LogP contribution in [0.1, 0.15) is 20.8 Å². The predicted molar refractivity (Wildman–Crippen MR) is 59.4 cm³/mol. The molecule has 0 radical (unpaired) electrons. The average Bonchev–Trinajstić information content (AvgIpc) is 2.17. The van der Waals surface area contributed by atoms with E-state index in [4.69, 9.17) is 4.74 Å². The van der Waals surface area contributed by atoms with Crippen molar-refractivity contribution in [2.45, 2.75) is 20.8 Å². The topological polar surface area (TPSA) is 43.4 Å². The predicted octanol–water partition coefficient (Wildman–Crippen LogP) is 2.20. The Kier molecular flexibility index (Phi) is 6.89. The number of hydrogen-bond donors (Lipinski definition) is 0. The summed E-state index contributed by atoms with van der Waals surface area (Å²) in [6, 6.07) is 0. The van der Waals surface area contributed by atoms with Gasteiger partial charge in [-0.25, -0.2) is 4.79 Å². The van der Waals surface area contributed by atoms with E-state index in [0.29, 0.717) is 12.2 Å². The number of ether oxygens (including phenoxy) is 1. The van der Waals surface area contributed by atoms with E-state index < -0.39 is 0 Å². The van der Waals surface area contributed by atoms with Gasteiger partial charge in [-0.05, 0) is 31.9 Å². The Morgan fingerprint density at radius 2 is 1.93 bits per heavy atom. The Morgan fingerprint density at radius 3 is 2.47 bits per heavy atom. The maximum Gasteiger partial charge on any atom is 0.330 e. The number of esters is 1. The second kappa shape index (κ2) is 7.74. The average molecular weight is 208 g/mol. The molecule has 0 atom stereocenters. The van der Waals surface area contributed by atoms with E-state index in [0.717, 1.165) is 11.9 Å². The van der Waals surface area contributed by atoms with Crippen molar-refractivity contribution in [1.29, 1.82) is 0 Å². The van der Waals surface area contributed by atoms with Crippen LogP contribution in [0.4, 0.5) is 0 Å². The van der Waals surface area contributed by atoms with Crippen molar-refractivity contribution < 1.29 is 14.3 Å². The molecule has 0 aromatic carbocycles. The van der Waals surface area contributed by atoms with Gasteiger partial charge in [0, 0.05) is 6.08 Å². The highest BCUT2D eigenvalue weighted by Gasteiger charge is 1.94. The monoisotopic (exact) mass is 208 g/mol. The molecule has 0 N–H and O–H groups in total. The third kappa shape index (κ3) is 7.43. The van der Waals surface area contributed by atoms with Crippen molar-refractivity contribution in [3.8, 4) is 0 Å². The first kappa shape index (κ1) is 13.4. The highest BCUT2D eigenvalue weighted by atomic mass is 16.5. The molecule has 3 heteroatoms. The van der Waals surface area contributed by atoms with E-state index in [1.54, 1.807) is 39.0 Å². The van der Waals surface area contributed by atoms with E-state index in [-0.39, 0.29) is 5.97 Å². The van der Waals surface area contributed by atoms with Crippen molar-refractivity contribution in [1.82, 2.24) is 0 Å². The van der Waals surface area contributed by atoms with Gasteiger partial charge in [0.1, 0.15) is 6.29 Å². The second-order valence-corrected chi connectivity index (χ2v) is 3.03. The first-order valence-electron chi connectivity index (χ1n) is 4.75. The standard InChI is InChI=1S/C12H16O3/c1-4-15-12(14)8-10(2)6-5-7-11(3)9-13/h5-9H,4H2,1-3H3/b6-5?,10-8+,11-7?. The van der Waals surface area contributed by atoms with Gasteiger partial charge in [0.15, 0.2) is 0 Å². The fourth-order valence-electron chi connectivity index (χ4n) is 0.809. The Morgan fingerprint density at radius 1 is 1.27 bits per heavy atom. The molecule has 0 rings (SSSR count). The third-order valence-electron chi connectivity index (χ3n) is 1.54. The van der Waals surface area contributed by atoms with Crippen LogP contribution in [0.5, 0.6) is 0 Å². The molecule has 0 aliphatic heterocycles. The summed E-state index contributed by atoms with van der Waals surface area (Å²) in [6.45, 7) is 5.63. The van der Waals surface area contributed by atoms with Crippen LogP contribution < -0.4 is 0 Å². The molecule has 82 valence electrons. The molecule has 0 saturated carbocycles. The molecule has 0 spiro atoms. The van der Waals surface area contributed by atoms with Crippen LogP contribution in [0, 0.1) is 0 Å². The first-order valence-corrected chi connectivity index (χ1v) is 4.75. The third-order valence-corrected chi connectivity index (χ3v) is 1.54. The number of carbonyl (C=O) groups excluding carboxylic acids is 2. The van der Waals surface area contributed by atoms with Crippen molar-refractivity contribution in [3.63, 3.8) is 0 Å². The minimum Gasteiger partial charge on any atom is -0.463 e. The maximum atomic E-state index is 11.0. The van der Waals surface area contributed by atoms with E-state index in [1.165, 1.54) is 6.08 Å². The minimum atomic E-state index is -0.351. The normalized spacial score (nSPS) is 13.0. The quantitative estimate of drug-likeness (QED) is 0.301. The largest absolute Gasteiger partial charge is 0.463 e. The molecule has 0 amide bonds. The molecule has 0 aliphatic rings. The van der Waals surface area contributed by atoms with Gasteiger partial charge in [-0.1, -0.05) is 18.2 Å². The highest BCUT2D eigenvalue weighted by molar-refractivity contribution is 5.83. The minimum absolute atomic E-state index is 0.351. The Labute approximate surface area is 90.1 Å². The van der Waals surface area contributed by atoms with Crippen LogP contribution in [0.3, 0.4) is 0 Å². The summed E-state index contributed by atoms with van der Waals surface area (Å²) in [5.41, 5.74) is 1.42. The van der Waals surface area contributed by atoms with Crippen LogP contribution in [-0.4, -0.2) is 18.9 Å². The maximum absolute atomic E-state index is 11.0. The lowest BCUT2D eigenvalue weighted by Crippen LogP contribution is -1.99. The van der Waals surface area contributed by atoms with Gasteiger partial charge in [0.25, 0.3) is 0 Å². The lowest BCUT2D eigenvalue weighted by atomic mass is 10.2. The van der Waals surface area contributed by atoms with Crippen molar-refractivity contribution in [2.75, 3.05) is 6.61 Å². The second-order valence-electron chi connectivity index (χ2n) is 3.03. The lowest BCUT2D eigenvalue weighted by Gasteiger charge is -1.95. The van der Waals surface area contributed by atoms with E-state index >= 15 is 0 Å². The molecule has 0 bridgehead atoms. The highest BCUT2D eigenvalue weighted by Crippen LogP contribution is 1.97. The first-order chi connectivity index (χ1) is 7.10. The van der Waals surface area contributed by atoms with E-state index in [1.807, 2.05) is 0 Å². The number of rotatable bonds is 5. The van der Waals surface area contributed by atoms with Crippen LogP contribution >= 0.6 is 0 Å². The van der Waals surface area contributed by atoms with Crippen molar-refractivity contribution >= 4 is 12.3 Å². The summed E-state index contributed by atoms with van der Waals surface area (Å²) in [6.07, 6.45) is 7.31. The zero-order chi connectivity index (χ0) is 11.7. The van der Waals surface area contributed by atoms with Crippen LogP contribution in [-0.2, 0) is 14.3 Å². The summed E-state index contributed by atoms with van der Waals surface area (Å²) in [5, 5.41) is 0. The van der Waals surface area contributed by atoms with Gasteiger partial charge < -0.3 is 4.74 Å². The molecule has 0 aliphatic carbocycles. The number of aldehydes is 1. The zero-order valence-corrected chi connectivity index (χ0v) is 9.32. The van der Waals surface area contributed by atoms with E-state index in [2.05, 4.69) is 0 Å². The van der Waals surface area contributed by atoms with Gasteiger partial charge in [-0.2, -0.15) is 0 Å². The molecule has 0 saturated heterocycles. The van der Waals surface area contributed by atoms with Crippen LogP contribution in [0.25, 0.3) is 0 Å². The fraction of sp³-hybridized carbons (Fsp3) is 0.333. The molecule has 3 nitrogen and oxygen atoms in total. The molecule has 15 heavy (non-hydrogen) atoms. The van der Waals surface area contributed by atoms with Gasteiger partial charge in [0.05, 0.1) is 6.61 Å². The molecular formula is C12H16O3. The van der Waals surface area contributed by atoms with Crippen LogP contribution in [0.15, 0.2) is 35.5 Å². The molecule has 0 unspecified atom stereocenters. The zero-order valence-electron chi connectivity index (χ0n) is 9.32. The lowest BCUT2D eigenvalue weighted by molar-refractivity contribution is -0.137. The van der Waals surface area contributed by atoms with Gasteiger partial charge in [-0.3, -0.25) is 4.79 Å². The van der Waals surface area contributed by atoms with Crippen LogP contribution in [0.2, 0.25) is 0 Å². The molecular weight excluding hydrogens is 192 g/mol. The van der Waals surface area contributed by atoms with Gasteiger partial charge in [-0.15, -0.1) is 0 Å². The smallest absolute Gasteiger partial charge is 0.330 e. The summed E-state index contributed by atoms with van der Waals surface area (Å²) in [4.78, 5) is 21.3. The molecule has 0 fully saturated rings. The number of allylic oxidation sites excluding steroid dienone is 5. The number of carbonyl (C=O) groups is 2. The SMILES string of the molecule is CCOC(=O)/C=C(\C)C=CC=C(C)C=O. The Balaban J connectivity index is 4.29.